The van der Waals surface area contributed by atoms with Crippen molar-refractivity contribution in [3.05, 3.63) is 35.4 Å². The maximum absolute atomic E-state index is 12.9. The molecular weight excluding hydrogens is 375 g/mol. The van der Waals surface area contributed by atoms with Gasteiger partial charge in [-0.3, -0.25) is 14.9 Å². The average molecular weight is 397 g/mol. The summed E-state index contributed by atoms with van der Waals surface area (Å²) in [6.07, 6.45) is -4.02. The summed E-state index contributed by atoms with van der Waals surface area (Å²) in [5.41, 5.74) is -1.92. The number of piperidine rings is 1. The summed E-state index contributed by atoms with van der Waals surface area (Å²) in [7, 11) is 0. The van der Waals surface area contributed by atoms with Crippen molar-refractivity contribution < 1.29 is 27.6 Å². The van der Waals surface area contributed by atoms with Crippen LogP contribution in [-0.4, -0.2) is 52.8 Å². The Labute approximate surface area is 160 Å². The molecule has 152 valence electrons. The first-order chi connectivity index (χ1) is 13.0. The van der Waals surface area contributed by atoms with Gasteiger partial charge in [0.2, 0.25) is 0 Å². The van der Waals surface area contributed by atoms with Gasteiger partial charge in [0, 0.05) is 25.2 Å². The van der Waals surface area contributed by atoms with Crippen molar-refractivity contribution in [1.82, 2.24) is 15.1 Å². The number of urea groups is 1. The van der Waals surface area contributed by atoms with Crippen LogP contribution >= 0.6 is 0 Å². The molecule has 1 aromatic rings. The molecular formula is C19H22F3N3O3. The maximum Gasteiger partial charge on any atom is 0.416 e. The van der Waals surface area contributed by atoms with Gasteiger partial charge in [0.1, 0.15) is 5.54 Å². The molecule has 0 radical (unpaired) electrons. The number of nitrogens with zero attached hydrogens (tertiary/aromatic N) is 2. The molecule has 0 unspecified atom stereocenters. The lowest BCUT2D eigenvalue weighted by molar-refractivity contribution is -0.137. The molecule has 0 saturated carbocycles. The number of amides is 4. The van der Waals surface area contributed by atoms with Crippen LogP contribution in [0, 0.1) is 5.92 Å². The zero-order valence-electron chi connectivity index (χ0n) is 15.7. The highest BCUT2D eigenvalue weighted by Crippen LogP contribution is 2.35. The molecule has 0 atom stereocenters. The van der Waals surface area contributed by atoms with Crippen LogP contribution < -0.4 is 5.32 Å². The quantitative estimate of drug-likeness (QED) is 0.798. The third-order valence-corrected chi connectivity index (χ3v) is 5.27. The van der Waals surface area contributed by atoms with E-state index in [1.165, 1.54) is 21.9 Å². The Kier molecular flexibility index (Phi) is 5.12. The van der Waals surface area contributed by atoms with Gasteiger partial charge in [-0.15, -0.1) is 0 Å². The number of hydrogen-bond donors (Lipinski definition) is 1. The first-order valence-electron chi connectivity index (χ1n) is 9.14. The average Bonchev–Trinajstić information content (AvgIpc) is 2.85. The molecule has 2 saturated heterocycles. The third kappa shape index (κ3) is 3.57. The SMILES string of the molecule is CC(C)CN1C(=O)NC(=O)C12CCN(C(=O)c1cccc(C(F)(F)F)c1)CC2. The van der Waals surface area contributed by atoms with E-state index in [0.717, 1.165) is 12.1 Å². The molecule has 9 heteroatoms. The lowest BCUT2D eigenvalue weighted by Gasteiger charge is -2.42. The Morgan fingerprint density at radius 2 is 1.86 bits per heavy atom. The van der Waals surface area contributed by atoms with E-state index < -0.39 is 29.2 Å². The normalized spacial score (nSPS) is 19.5. The minimum absolute atomic E-state index is 0.0447. The van der Waals surface area contributed by atoms with Crippen LogP contribution in [-0.2, 0) is 11.0 Å². The van der Waals surface area contributed by atoms with Gasteiger partial charge in [-0.2, -0.15) is 13.2 Å². The number of alkyl halides is 3. The van der Waals surface area contributed by atoms with Crippen molar-refractivity contribution >= 4 is 17.8 Å². The number of nitrogens with one attached hydrogen (secondary N) is 1. The molecule has 28 heavy (non-hydrogen) atoms. The molecule has 0 aliphatic carbocycles. The summed E-state index contributed by atoms with van der Waals surface area (Å²) in [5.74, 6) is -0.719. The Morgan fingerprint density at radius 1 is 1.21 bits per heavy atom. The summed E-state index contributed by atoms with van der Waals surface area (Å²) in [4.78, 5) is 40.3. The summed E-state index contributed by atoms with van der Waals surface area (Å²) in [6, 6.07) is 3.87. The highest BCUT2D eigenvalue weighted by Gasteiger charge is 2.54. The van der Waals surface area contributed by atoms with Crippen LogP contribution in [0.4, 0.5) is 18.0 Å². The predicted molar refractivity (Wildman–Crippen MR) is 94.4 cm³/mol. The Hall–Kier alpha value is -2.58. The van der Waals surface area contributed by atoms with Gasteiger partial charge >= 0.3 is 12.2 Å². The number of imide groups is 1. The van der Waals surface area contributed by atoms with Crippen LogP contribution in [0.3, 0.4) is 0 Å². The summed E-state index contributed by atoms with van der Waals surface area (Å²) >= 11 is 0. The number of benzene rings is 1. The fraction of sp³-hybridized carbons (Fsp3) is 0.526. The number of rotatable bonds is 3. The Bertz CT molecular complexity index is 799. The highest BCUT2D eigenvalue weighted by atomic mass is 19.4. The zero-order chi connectivity index (χ0) is 20.7. The van der Waals surface area contributed by atoms with Crippen molar-refractivity contribution in [3.8, 4) is 0 Å². The predicted octanol–water partition coefficient (Wildman–Crippen LogP) is 2.89. The molecule has 2 fully saturated rings. The molecule has 6 nitrogen and oxygen atoms in total. The second kappa shape index (κ2) is 7.10. The number of likely N-dealkylation sites (tertiary alicyclic amines) is 1. The zero-order valence-corrected chi connectivity index (χ0v) is 15.7. The lowest BCUT2D eigenvalue weighted by Crippen LogP contribution is -2.58. The topological polar surface area (TPSA) is 69.7 Å². The largest absolute Gasteiger partial charge is 0.416 e. The number of carbonyl (C=O) groups is 3. The summed E-state index contributed by atoms with van der Waals surface area (Å²) in [5, 5.41) is 2.35. The van der Waals surface area contributed by atoms with Gasteiger partial charge in [-0.1, -0.05) is 19.9 Å². The number of carbonyl (C=O) groups excluding carboxylic acids is 3. The van der Waals surface area contributed by atoms with Gasteiger partial charge < -0.3 is 9.80 Å². The van der Waals surface area contributed by atoms with E-state index >= 15 is 0 Å². The number of hydrogen-bond acceptors (Lipinski definition) is 3. The van der Waals surface area contributed by atoms with Crippen molar-refractivity contribution in [1.29, 1.82) is 0 Å². The van der Waals surface area contributed by atoms with E-state index in [9.17, 15) is 27.6 Å². The molecule has 1 N–H and O–H groups in total. The minimum Gasteiger partial charge on any atom is -0.338 e. The highest BCUT2D eigenvalue weighted by molar-refractivity contribution is 6.07. The van der Waals surface area contributed by atoms with Crippen molar-refractivity contribution in [2.24, 2.45) is 5.92 Å². The second-order valence-corrected chi connectivity index (χ2v) is 7.67. The first kappa shape index (κ1) is 20.2. The fourth-order valence-corrected chi connectivity index (χ4v) is 3.81. The van der Waals surface area contributed by atoms with Gasteiger partial charge in [0.05, 0.1) is 5.56 Å². The van der Waals surface area contributed by atoms with Crippen molar-refractivity contribution in [3.63, 3.8) is 0 Å². The molecule has 1 spiro atoms. The molecule has 2 aliphatic heterocycles. The van der Waals surface area contributed by atoms with Crippen LogP contribution in [0.25, 0.3) is 0 Å². The standard InChI is InChI=1S/C19H22F3N3O3/c1-12(2)11-25-17(28)23-16(27)18(25)6-8-24(9-7-18)15(26)13-4-3-5-14(10-13)19(20,21)22/h3-5,10,12H,6-9,11H2,1-2H3,(H,23,27,28). The Morgan fingerprint density at radius 3 is 2.43 bits per heavy atom. The molecule has 4 amide bonds. The maximum atomic E-state index is 12.9. The smallest absolute Gasteiger partial charge is 0.338 e. The van der Waals surface area contributed by atoms with E-state index in [2.05, 4.69) is 5.32 Å². The van der Waals surface area contributed by atoms with E-state index in [-0.39, 0.29) is 43.3 Å². The first-order valence-corrected chi connectivity index (χ1v) is 9.14. The molecule has 0 aromatic heterocycles. The minimum atomic E-state index is -4.53. The third-order valence-electron chi connectivity index (χ3n) is 5.27. The van der Waals surface area contributed by atoms with Crippen molar-refractivity contribution in [2.75, 3.05) is 19.6 Å². The Balaban J connectivity index is 1.75. The van der Waals surface area contributed by atoms with Gasteiger partial charge in [0.15, 0.2) is 0 Å². The van der Waals surface area contributed by atoms with Crippen LogP contribution in [0.5, 0.6) is 0 Å². The molecule has 2 aliphatic rings. The van der Waals surface area contributed by atoms with Gasteiger partial charge in [0.25, 0.3) is 11.8 Å². The lowest BCUT2D eigenvalue weighted by atomic mass is 9.85. The van der Waals surface area contributed by atoms with Crippen molar-refractivity contribution in [2.45, 2.75) is 38.4 Å². The van der Waals surface area contributed by atoms with Gasteiger partial charge in [-0.05, 0) is 37.0 Å². The molecule has 2 heterocycles. The van der Waals surface area contributed by atoms with Crippen LogP contribution in [0.2, 0.25) is 0 Å². The summed E-state index contributed by atoms with van der Waals surface area (Å²) < 4.78 is 38.7. The second-order valence-electron chi connectivity index (χ2n) is 7.67. The van der Waals surface area contributed by atoms with E-state index in [1.54, 1.807) is 0 Å². The van der Waals surface area contributed by atoms with Crippen LogP contribution in [0.1, 0.15) is 42.6 Å². The monoisotopic (exact) mass is 397 g/mol. The van der Waals surface area contributed by atoms with E-state index in [1.807, 2.05) is 13.8 Å². The summed E-state index contributed by atoms with van der Waals surface area (Å²) in [6.45, 7) is 4.67. The fourth-order valence-electron chi connectivity index (χ4n) is 3.81. The van der Waals surface area contributed by atoms with E-state index in [0.29, 0.717) is 6.54 Å². The van der Waals surface area contributed by atoms with Gasteiger partial charge in [-0.25, -0.2) is 4.79 Å². The van der Waals surface area contributed by atoms with Crippen LogP contribution in [0.15, 0.2) is 24.3 Å². The molecule has 3 rings (SSSR count). The molecule has 0 bridgehead atoms. The number of halogens is 3. The molecule has 1 aromatic carbocycles. The van der Waals surface area contributed by atoms with E-state index in [4.69, 9.17) is 0 Å².